The standard InChI is InChI=1S/C18H25N2/c1-14(2)20(5,15(3)4)17-10-8-9-16(13-17)18-11-6-7-12-19-18/h6-15H,1-5H3/q+1. The van der Waals surface area contributed by atoms with E-state index in [0.717, 1.165) is 10.2 Å². The van der Waals surface area contributed by atoms with Crippen LogP contribution >= 0.6 is 0 Å². The first-order valence-electron chi connectivity index (χ1n) is 7.34. The van der Waals surface area contributed by atoms with E-state index in [2.05, 4.69) is 70.1 Å². The maximum atomic E-state index is 4.45. The largest absolute Gasteiger partial charge is 0.290 e. The molecule has 0 N–H and O–H groups in total. The second-order valence-corrected chi connectivity index (χ2v) is 6.10. The van der Waals surface area contributed by atoms with E-state index in [9.17, 15) is 0 Å². The Bertz CT molecular complexity index is 551. The monoisotopic (exact) mass is 269 g/mol. The predicted molar refractivity (Wildman–Crippen MR) is 87.7 cm³/mol. The maximum absolute atomic E-state index is 4.45. The summed E-state index contributed by atoms with van der Waals surface area (Å²) in [6.07, 6.45) is 1.85. The van der Waals surface area contributed by atoms with Crippen LogP contribution < -0.4 is 4.48 Å². The van der Waals surface area contributed by atoms with Crippen molar-refractivity contribution in [3.63, 3.8) is 0 Å². The van der Waals surface area contributed by atoms with Crippen molar-refractivity contribution in [2.45, 2.75) is 39.8 Å². The molecule has 0 amide bonds. The number of rotatable bonds is 4. The summed E-state index contributed by atoms with van der Waals surface area (Å²) in [6, 6.07) is 15.9. The van der Waals surface area contributed by atoms with Gasteiger partial charge in [-0.15, -0.1) is 0 Å². The highest BCUT2D eigenvalue weighted by molar-refractivity contribution is 5.64. The van der Waals surface area contributed by atoms with Crippen LogP contribution in [-0.4, -0.2) is 24.1 Å². The molecular weight excluding hydrogens is 244 g/mol. The first-order valence-corrected chi connectivity index (χ1v) is 7.34. The molecule has 0 aliphatic carbocycles. The fourth-order valence-electron chi connectivity index (χ4n) is 2.69. The summed E-state index contributed by atoms with van der Waals surface area (Å²) in [5.74, 6) is 0. The topological polar surface area (TPSA) is 12.9 Å². The Labute approximate surface area is 122 Å². The van der Waals surface area contributed by atoms with Crippen LogP contribution in [0.4, 0.5) is 5.69 Å². The van der Waals surface area contributed by atoms with Gasteiger partial charge < -0.3 is 0 Å². The highest BCUT2D eigenvalue weighted by atomic mass is 15.4. The Morgan fingerprint density at radius 1 is 0.900 bits per heavy atom. The minimum Gasteiger partial charge on any atom is -0.290 e. The third-order valence-corrected chi connectivity index (χ3v) is 4.51. The lowest BCUT2D eigenvalue weighted by Gasteiger charge is -2.42. The molecular formula is C18H25N2+. The molecule has 0 saturated heterocycles. The van der Waals surface area contributed by atoms with E-state index in [0.29, 0.717) is 12.1 Å². The zero-order chi connectivity index (χ0) is 14.8. The molecule has 1 heterocycles. The van der Waals surface area contributed by atoms with Crippen LogP contribution in [0.5, 0.6) is 0 Å². The van der Waals surface area contributed by atoms with Gasteiger partial charge in [0, 0.05) is 17.8 Å². The van der Waals surface area contributed by atoms with Crippen LogP contribution in [0, 0.1) is 0 Å². The number of hydrogen-bond donors (Lipinski definition) is 0. The minimum absolute atomic E-state index is 0.536. The van der Waals surface area contributed by atoms with Gasteiger partial charge in [0.05, 0.1) is 24.8 Å². The van der Waals surface area contributed by atoms with Crippen LogP contribution in [0.2, 0.25) is 0 Å². The summed E-state index contributed by atoms with van der Waals surface area (Å²) in [5, 5.41) is 0. The minimum atomic E-state index is 0.536. The van der Waals surface area contributed by atoms with Crippen molar-refractivity contribution in [3.8, 4) is 11.3 Å². The van der Waals surface area contributed by atoms with Gasteiger partial charge in [-0.05, 0) is 45.9 Å². The summed E-state index contributed by atoms with van der Waals surface area (Å²) < 4.78 is 0.931. The molecule has 0 spiro atoms. The summed E-state index contributed by atoms with van der Waals surface area (Å²) >= 11 is 0. The van der Waals surface area contributed by atoms with Crippen molar-refractivity contribution in [2.75, 3.05) is 7.05 Å². The van der Waals surface area contributed by atoms with Crippen LogP contribution in [0.1, 0.15) is 27.7 Å². The van der Waals surface area contributed by atoms with Crippen molar-refractivity contribution in [2.24, 2.45) is 0 Å². The third kappa shape index (κ3) is 2.61. The molecule has 0 fully saturated rings. The van der Waals surface area contributed by atoms with Gasteiger partial charge >= 0.3 is 0 Å². The Hall–Kier alpha value is -1.67. The molecule has 20 heavy (non-hydrogen) atoms. The predicted octanol–water partition coefficient (Wildman–Crippen LogP) is 4.50. The molecule has 2 rings (SSSR count). The van der Waals surface area contributed by atoms with Crippen LogP contribution in [0.25, 0.3) is 11.3 Å². The summed E-state index contributed by atoms with van der Waals surface area (Å²) in [4.78, 5) is 4.45. The first kappa shape index (κ1) is 14.7. The molecule has 0 aliphatic rings. The molecule has 1 aromatic carbocycles. The van der Waals surface area contributed by atoms with Crippen LogP contribution in [-0.2, 0) is 0 Å². The van der Waals surface area contributed by atoms with Crippen molar-refractivity contribution in [3.05, 3.63) is 48.7 Å². The van der Waals surface area contributed by atoms with Gasteiger partial charge in [0.1, 0.15) is 5.69 Å². The van der Waals surface area contributed by atoms with Gasteiger partial charge in [0.15, 0.2) is 0 Å². The summed E-state index contributed by atoms with van der Waals surface area (Å²) in [7, 11) is 2.31. The molecule has 2 nitrogen and oxygen atoms in total. The molecule has 2 aromatic rings. The lowest BCUT2D eigenvalue weighted by Crippen LogP contribution is -2.55. The smallest absolute Gasteiger partial charge is 0.133 e. The van der Waals surface area contributed by atoms with E-state index < -0.39 is 0 Å². The number of hydrogen-bond acceptors (Lipinski definition) is 1. The number of quaternary nitrogens is 1. The summed E-state index contributed by atoms with van der Waals surface area (Å²) in [5.41, 5.74) is 3.57. The highest BCUT2D eigenvalue weighted by Gasteiger charge is 2.32. The average molecular weight is 269 g/mol. The van der Waals surface area contributed by atoms with Crippen molar-refractivity contribution in [1.82, 2.24) is 9.47 Å². The van der Waals surface area contributed by atoms with Crippen LogP contribution in [0.15, 0.2) is 48.7 Å². The van der Waals surface area contributed by atoms with Gasteiger partial charge in [0.2, 0.25) is 0 Å². The van der Waals surface area contributed by atoms with Crippen molar-refractivity contribution in [1.29, 1.82) is 0 Å². The Morgan fingerprint density at radius 3 is 2.15 bits per heavy atom. The number of nitrogens with zero attached hydrogens (tertiary/aromatic N) is 2. The highest BCUT2D eigenvalue weighted by Crippen LogP contribution is 2.31. The number of pyridine rings is 1. The number of benzene rings is 1. The first-order chi connectivity index (χ1) is 9.46. The molecule has 0 atom stereocenters. The normalized spacial score (nSPS) is 12.2. The Balaban J connectivity index is 2.49. The molecule has 0 bridgehead atoms. The SMILES string of the molecule is CC(C)[N+](C)(c1cccc(-c2ccccn2)c1)C(C)C. The van der Waals surface area contributed by atoms with Crippen LogP contribution in [0.3, 0.4) is 0 Å². The van der Waals surface area contributed by atoms with E-state index in [1.54, 1.807) is 0 Å². The van der Waals surface area contributed by atoms with Crippen molar-refractivity contribution < 1.29 is 0 Å². The van der Waals surface area contributed by atoms with Gasteiger partial charge in [-0.2, -0.15) is 0 Å². The van der Waals surface area contributed by atoms with Crippen molar-refractivity contribution >= 4 is 5.69 Å². The molecule has 0 aliphatic heterocycles. The van der Waals surface area contributed by atoms with Gasteiger partial charge in [-0.25, -0.2) is 0 Å². The molecule has 1 aromatic heterocycles. The maximum Gasteiger partial charge on any atom is 0.133 e. The molecule has 0 saturated carbocycles. The molecule has 2 heteroatoms. The average Bonchev–Trinajstić information content (AvgIpc) is 2.47. The van der Waals surface area contributed by atoms with E-state index >= 15 is 0 Å². The van der Waals surface area contributed by atoms with Gasteiger partial charge in [0.25, 0.3) is 0 Å². The van der Waals surface area contributed by atoms with E-state index in [-0.39, 0.29) is 0 Å². The molecule has 106 valence electrons. The fourth-order valence-corrected chi connectivity index (χ4v) is 2.69. The Morgan fingerprint density at radius 2 is 1.60 bits per heavy atom. The quantitative estimate of drug-likeness (QED) is 0.745. The zero-order valence-electron chi connectivity index (χ0n) is 13.2. The zero-order valence-corrected chi connectivity index (χ0v) is 13.2. The second-order valence-electron chi connectivity index (χ2n) is 6.10. The lowest BCUT2D eigenvalue weighted by atomic mass is 10.1. The van der Waals surface area contributed by atoms with E-state index in [1.807, 2.05) is 18.3 Å². The van der Waals surface area contributed by atoms with Gasteiger partial charge in [-0.1, -0.05) is 18.2 Å². The third-order valence-electron chi connectivity index (χ3n) is 4.51. The lowest BCUT2D eigenvalue weighted by molar-refractivity contribution is 0.222. The number of aromatic nitrogens is 1. The van der Waals surface area contributed by atoms with E-state index in [1.165, 1.54) is 11.3 Å². The van der Waals surface area contributed by atoms with Gasteiger partial charge in [-0.3, -0.25) is 9.47 Å². The molecule has 0 radical (unpaired) electrons. The summed E-state index contributed by atoms with van der Waals surface area (Å²) in [6.45, 7) is 9.14. The molecule has 0 unspecified atom stereocenters. The Kier molecular flexibility index (Phi) is 4.24. The fraction of sp³-hybridized carbons (Fsp3) is 0.389. The second kappa shape index (κ2) is 5.76. The van der Waals surface area contributed by atoms with E-state index in [4.69, 9.17) is 0 Å².